The van der Waals surface area contributed by atoms with Crippen molar-refractivity contribution in [3.8, 4) is 5.75 Å². The second kappa shape index (κ2) is 7.43. The molecule has 0 bridgehead atoms. The average molecular weight is 409 g/mol. The maximum atomic E-state index is 13.2. The molecule has 1 aromatic heterocycles. The molecule has 2 atom stereocenters. The number of nitrogens with one attached hydrogen (secondary N) is 1. The zero-order valence-corrected chi connectivity index (χ0v) is 17.7. The van der Waals surface area contributed by atoms with Gasteiger partial charge >= 0.3 is 0 Å². The molecule has 1 amide bonds. The number of piperazine rings is 1. The molecule has 6 heteroatoms. The van der Waals surface area contributed by atoms with Gasteiger partial charge in [0.15, 0.2) is 0 Å². The molecule has 1 N–H and O–H groups in total. The number of aromatic nitrogens is 1. The van der Waals surface area contributed by atoms with E-state index in [1.807, 2.05) is 23.1 Å². The Morgan fingerprint density at radius 2 is 1.97 bits per heavy atom. The number of nitrogens with zero attached hydrogens (tertiary/aromatic N) is 2. The van der Waals surface area contributed by atoms with Crippen LogP contribution in [0.4, 0.5) is 0 Å². The van der Waals surface area contributed by atoms with Gasteiger partial charge in [-0.15, -0.1) is 11.3 Å². The minimum atomic E-state index is 0.0992. The van der Waals surface area contributed by atoms with Crippen molar-refractivity contribution < 1.29 is 14.4 Å². The molecule has 2 aliphatic rings. The second-order valence-corrected chi connectivity index (χ2v) is 9.25. The largest absolute Gasteiger partial charge is 0.489 e. The maximum absolute atomic E-state index is 13.2. The van der Waals surface area contributed by atoms with E-state index in [1.165, 1.54) is 14.6 Å². The molecule has 3 aromatic rings. The Morgan fingerprint density at radius 3 is 2.76 bits per heavy atom. The van der Waals surface area contributed by atoms with E-state index >= 15 is 0 Å². The normalized spacial score (nSPS) is 21.9. The summed E-state index contributed by atoms with van der Waals surface area (Å²) in [5.74, 6) is 1.22. The molecule has 0 radical (unpaired) electrons. The van der Waals surface area contributed by atoms with Crippen LogP contribution in [0.15, 0.2) is 42.5 Å². The number of carbonyl (C=O) groups excluding carboxylic acids is 1. The lowest BCUT2D eigenvalue weighted by Gasteiger charge is -2.32. The predicted octanol–water partition coefficient (Wildman–Crippen LogP) is 2.72. The highest BCUT2D eigenvalue weighted by molar-refractivity contribution is 7.18. The smallest absolute Gasteiger partial charge is 0.258 e. The summed E-state index contributed by atoms with van der Waals surface area (Å²) in [4.78, 5) is 21.4. The Balaban J connectivity index is 1.25. The molecular formula is C23H26N3O2S+. The summed E-state index contributed by atoms with van der Waals surface area (Å²) >= 11 is 1.78. The first kappa shape index (κ1) is 18.6. The van der Waals surface area contributed by atoms with Crippen LogP contribution in [0.1, 0.15) is 40.7 Å². The monoisotopic (exact) mass is 408 g/mol. The number of hydrogen-bond donors (Lipinski definition) is 1. The van der Waals surface area contributed by atoms with Crippen LogP contribution >= 0.6 is 11.3 Å². The number of hydrogen-bond acceptors (Lipinski definition) is 4. The third kappa shape index (κ3) is 3.40. The van der Waals surface area contributed by atoms with Gasteiger partial charge in [0, 0.05) is 11.5 Å². The van der Waals surface area contributed by atoms with Crippen molar-refractivity contribution in [3.05, 3.63) is 58.6 Å². The van der Waals surface area contributed by atoms with E-state index in [0.717, 1.165) is 49.6 Å². The number of rotatable bonds is 3. The summed E-state index contributed by atoms with van der Waals surface area (Å²) in [6.45, 7) is 8.61. The highest BCUT2D eigenvalue weighted by atomic mass is 32.1. The van der Waals surface area contributed by atoms with E-state index in [2.05, 4.69) is 38.1 Å². The van der Waals surface area contributed by atoms with Crippen molar-refractivity contribution in [2.75, 3.05) is 26.2 Å². The van der Waals surface area contributed by atoms with Gasteiger partial charge in [-0.2, -0.15) is 0 Å². The second-order valence-electron chi connectivity index (χ2n) is 8.13. The number of quaternary nitrogens is 1. The van der Waals surface area contributed by atoms with Gasteiger partial charge < -0.3 is 14.5 Å². The molecule has 5 rings (SSSR count). The Bertz CT molecular complexity index is 1020. The van der Waals surface area contributed by atoms with Crippen molar-refractivity contribution in [3.63, 3.8) is 0 Å². The molecule has 1 fully saturated rings. The zero-order valence-electron chi connectivity index (χ0n) is 16.9. The minimum Gasteiger partial charge on any atom is -0.489 e. The lowest BCUT2D eigenvalue weighted by atomic mass is 9.96. The predicted molar refractivity (Wildman–Crippen MR) is 115 cm³/mol. The van der Waals surface area contributed by atoms with E-state index in [4.69, 9.17) is 9.72 Å². The molecule has 0 aliphatic carbocycles. The molecule has 3 heterocycles. The molecule has 0 spiro atoms. The summed E-state index contributed by atoms with van der Waals surface area (Å²) in [5.41, 5.74) is 2.96. The number of amides is 1. The quantitative estimate of drug-likeness (QED) is 0.725. The van der Waals surface area contributed by atoms with E-state index < -0.39 is 0 Å². The van der Waals surface area contributed by atoms with E-state index in [1.54, 1.807) is 11.3 Å². The summed E-state index contributed by atoms with van der Waals surface area (Å²) in [6.07, 6.45) is 0.119. The summed E-state index contributed by atoms with van der Waals surface area (Å²) < 4.78 is 7.28. The van der Waals surface area contributed by atoms with Gasteiger partial charge in [-0.1, -0.05) is 31.2 Å². The van der Waals surface area contributed by atoms with E-state index in [0.29, 0.717) is 11.5 Å². The highest BCUT2D eigenvalue weighted by Crippen LogP contribution is 2.40. The van der Waals surface area contributed by atoms with Crippen LogP contribution < -0.4 is 9.64 Å². The fourth-order valence-corrected chi connectivity index (χ4v) is 5.38. The van der Waals surface area contributed by atoms with Crippen LogP contribution in [0.2, 0.25) is 0 Å². The van der Waals surface area contributed by atoms with E-state index in [-0.39, 0.29) is 12.0 Å². The first-order valence-corrected chi connectivity index (χ1v) is 11.2. The van der Waals surface area contributed by atoms with Gasteiger partial charge in [-0.3, -0.25) is 4.79 Å². The van der Waals surface area contributed by atoms with Crippen LogP contribution in [0.3, 0.4) is 0 Å². The summed E-state index contributed by atoms with van der Waals surface area (Å²) in [5, 5.41) is 1.18. The first-order chi connectivity index (χ1) is 14.1. The third-order valence-electron chi connectivity index (χ3n) is 6.27. The van der Waals surface area contributed by atoms with Gasteiger partial charge in [0.25, 0.3) is 5.91 Å². The molecule has 0 unspecified atom stereocenters. The highest BCUT2D eigenvalue weighted by Gasteiger charge is 2.33. The minimum absolute atomic E-state index is 0.0992. The SMILES string of the molecule is C[C@H]1Oc2c(C(=O)N3CC[NH+](Cc4nc5ccccc5s4)CC3)cccc2[C@@H]1C. The molecule has 2 aliphatic heterocycles. The first-order valence-electron chi connectivity index (χ1n) is 10.4. The molecular weight excluding hydrogens is 382 g/mol. The van der Waals surface area contributed by atoms with Crippen LogP contribution in [-0.4, -0.2) is 48.1 Å². The van der Waals surface area contributed by atoms with Crippen molar-refractivity contribution in [1.29, 1.82) is 0 Å². The third-order valence-corrected chi connectivity index (χ3v) is 7.31. The van der Waals surface area contributed by atoms with Gasteiger partial charge in [0.2, 0.25) is 0 Å². The molecule has 29 heavy (non-hydrogen) atoms. The Hall–Kier alpha value is -2.44. The maximum Gasteiger partial charge on any atom is 0.258 e. The fraction of sp³-hybridized carbons (Fsp3) is 0.391. The van der Waals surface area contributed by atoms with Crippen LogP contribution in [-0.2, 0) is 6.54 Å². The number of thiazole rings is 1. The Labute approximate surface area is 174 Å². The van der Waals surface area contributed by atoms with E-state index in [9.17, 15) is 4.79 Å². The molecule has 5 nitrogen and oxygen atoms in total. The van der Waals surface area contributed by atoms with Crippen molar-refractivity contribution in [2.24, 2.45) is 0 Å². The molecule has 0 saturated carbocycles. The Kier molecular flexibility index (Phi) is 4.76. The summed E-state index contributed by atoms with van der Waals surface area (Å²) in [7, 11) is 0. The van der Waals surface area contributed by atoms with Gasteiger partial charge in [0.05, 0.1) is 42.0 Å². The van der Waals surface area contributed by atoms with Crippen LogP contribution in [0.25, 0.3) is 10.2 Å². The average Bonchev–Trinajstić information content (AvgIpc) is 3.28. The van der Waals surface area contributed by atoms with Gasteiger partial charge in [-0.25, -0.2) is 4.98 Å². The van der Waals surface area contributed by atoms with Crippen molar-refractivity contribution in [2.45, 2.75) is 32.4 Å². The topological polar surface area (TPSA) is 46.9 Å². The standard InChI is InChI=1S/C23H25N3O2S/c1-15-16(2)28-22-17(15)6-5-7-18(22)23(27)26-12-10-25(11-13-26)14-21-24-19-8-3-4-9-20(19)29-21/h3-9,15-16H,10-14H2,1-2H3/p+1/t15-,16-/m1/s1. The van der Waals surface area contributed by atoms with Crippen LogP contribution in [0.5, 0.6) is 5.75 Å². The molecule has 150 valence electrons. The van der Waals surface area contributed by atoms with Gasteiger partial charge in [-0.05, 0) is 25.1 Å². The Morgan fingerprint density at radius 1 is 1.17 bits per heavy atom. The van der Waals surface area contributed by atoms with Crippen LogP contribution in [0, 0.1) is 0 Å². The number of para-hydroxylation sites is 2. The number of fused-ring (bicyclic) bond motifs is 2. The molecule has 1 saturated heterocycles. The van der Waals surface area contributed by atoms with Gasteiger partial charge in [0.1, 0.15) is 23.4 Å². The fourth-order valence-electron chi connectivity index (χ4n) is 4.34. The van der Waals surface area contributed by atoms with Crippen molar-refractivity contribution >= 4 is 27.5 Å². The number of carbonyl (C=O) groups is 1. The number of ether oxygens (including phenoxy) is 1. The lowest BCUT2D eigenvalue weighted by molar-refractivity contribution is -0.917. The summed E-state index contributed by atoms with van der Waals surface area (Å²) in [6, 6.07) is 14.3. The number of benzene rings is 2. The molecule has 2 aromatic carbocycles. The zero-order chi connectivity index (χ0) is 20.0. The van der Waals surface area contributed by atoms with Crippen molar-refractivity contribution in [1.82, 2.24) is 9.88 Å². The lowest BCUT2D eigenvalue weighted by Crippen LogP contribution is -3.13.